The van der Waals surface area contributed by atoms with Crippen LogP contribution in [-0.4, -0.2) is 48.5 Å². The van der Waals surface area contributed by atoms with E-state index in [0.717, 1.165) is 11.3 Å². The number of hydrogen-bond donors (Lipinski definition) is 1. The van der Waals surface area contributed by atoms with Gasteiger partial charge >= 0.3 is 12.5 Å². The smallest absolute Gasteiger partial charge is 0.447 e. The first-order valence-electron chi connectivity index (χ1n) is 7.79. The van der Waals surface area contributed by atoms with Crippen LogP contribution in [0.4, 0.5) is 18.0 Å². The SMILES string of the molecule is Cc1cc(OC(F)(F)F)cc2sc(C(=O)N3CC4(COC(=O)N4)C3)c(Cl)c12. The summed E-state index contributed by atoms with van der Waals surface area (Å²) < 4.78 is 46.7. The van der Waals surface area contributed by atoms with Crippen LogP contribution >= 0.6 is 22.9 Å². The van der Waals surface area contributed by atoms with Gasteiger partial charge in [0.05, 0.1) is 5.02 Å². The monoisotopic (exact) mass is 420 g/mol. The fourth-order valence-electron chi connectivity index (χ4n) is 3.32. The fourth-order valence-corrected chi connectivity index (χ4v) is 4.99. The summed E-state index contributed by atoms with van der Waals surface area (Å²) in [6, 6.07) is 2.44. The molecule has 1 N–H and O–H groups in total. The Labute approximate surface area is 159 Å². The Morgan fingerprint density at radius 1 is 1.41 bits per heavy atom. The van der Waals surface area contributed by atoms with Gasteiger partial charge in [0, 0.05) is 23.2 Å². The number of rotatable bonds is 2. The fraction of sp³-hybridized carbons (Fsp3) is 0.375. The molecule has 11 heteroatoms. The molecule has 144 valence electrons. The molecule has 1 aromatic carbocycles. The van der Waals surface area contributed by atoms with Crippen LogP contribution in [0.15, 0.2) is 12.1 Å². The van der Waals surface area contributed by atoms with E-state index in [1.54, 1.807) is 6.92 Å². The first-order chi connectivity index (χ1) is 12.6. The van der Waals surface area contributed by atoms with Crippen LogP contribution in [0, 0.1) is 6.92 Å². The third kappa shape index (κ3) is 3.16. The van der Waals surface area contributed by atoms with Crippen molar-refractivity contribution >= 4 is 45.0 Å². The Balaban J connectivity index is 1.61. The van der Waals surface area contributed by atoms with Crippen LogP contribution in [0.1, 0.15) is 15.2 Å². The summed E-state index contributed by atoms with van der Waals surface area (Å²) in [6.07, 6.45) is -5.32. The molecule has 0 bridgehead atoms. The Kier molecular flexibility index (Phi) is 3.97. The number of alkyl carbamates (subject to hydrolysis) is 1. The molecule has 6 nitrogen and oxygen atoms in total. The van der Waals surface area contributed by atoms with Gasteiger partial charge in [-0.1, -0.05) is 11.6 Å². The van der Waals surface area contributed by atoms with E-state index in [0.29, 0.717) is 15.6 Å². The molecule has 0 unspecified atom stereocenters. The van der Waals surface area contributed by atoms with Gasteiger partial charge in [-0.25, -0.2) is 4.79 Å². The quantitative estimate of drug-likeness (QED) is 0.804. The molecule has 0 saturated carbocycles. The van der Waals surface area contributed by atoms with E-state index in [9.17, 15) is 22.8 Å². The van der Waals surface area contributed by atoms with Crippen molar-refractivity contribution in [3.63, 3.8) is 0 Å². The second-order valence-corrected chi connectivity index (χ2v) is 7.98. The largest absolute Gasteiger partial charge is 0.573 e. The topological polar surface area (TPSA) is 67.9 Å². The minimum absolute atomic E-state index is 0.188. The molecule has 4 rings (SSSR count). The van der Waals surface area contributed by atoms with Gasteiger partial charge < -0.3 is 19.7 Å². The van der Waals surface area contributed by atoms with Crippen LogP contribution in [0.5, 0.6) is 5.75 Å². The lowest BCUT2D eigenvalue weighted by molar-refractivity contribution is -0.274. The standard InChI is InChI=1S/C16H12ClF3N2O4S/c1-7-2-8(26-16(18,19)20)3-9-10(7)11(17)12(27-9)13(23)22-4-15(5-22)6-25-14(24)21-15/h2-3H,4-6H2,1H3,(H,21,24). The average Bonchev–Trinajstić information content (AvgIpc) is 3.04. The van der Waals surface area contributed by atoms with Crippen molar-refractivity contribution in [2.24, 2.45) is 0 Å². The maximum Gasteiger partial charge on any atom is 0.573 e. The minimum atomic E-state index is -4.81. The third-order valence-corrected chi connectivity index (χ3v) is 6.07. The lowest BCUT2D eigenvalue weighted by Crippen LogP contribution is -2.69. The van der Waals surface area contributed by atoms with E-state index in [2.05, 4.69) is 10.1 Å². The summed E-state index contributed by atoms with van der Waals surface area (Å²) in [5, 5.41) is 3.39. The number of carbonyl (C=O) groups is 2. The first kappa shape index (κ1) is 18.2. The lowest BCUT2D eigenvalue weighted by Gasteiger charge is -2.45. The molecule has 2 aliphatic heterocycles. The number of nitrogens with zero attached hydrogens (tertiary/aromatic N) is 1. The summed E-state index contributed by atoms with van der Waals surface area (Å²) in [4.78, 5) is 25.7. The molecule has 1 spiro atoms. The Bertz CT molecular complexity index is 969. The number of aryl methyl sites for hydroxylation is 1. The van der Waals surface area contributed by atoms with Gasteiger partial charge in [-0.05, 0) is 24.6 Å². The molecule has 0 radical (unpaired) electrons. The number of thiophene rings is 1. The van der Waals surface area contributed by atoms with Gasteiger partial charge in [-0.2, -0.15) is 0 Å². The summed E-state index contributed by atoms with van der Waals surface area (Å²) in [6.45, 7) is 2.35. The van der Waals surface area contributed by atoms with Gasteiger partial charge in [-0.15, -0.1) is 24.5 Å². The van der Waals surface area contributed by atoms with Crippen molar-refractivity contribution < 1.29 is 32.2 Å². The van der Waals surface area contributed by atoms with Crippen LogP contribution < -0.4 is 10.1 Å². The Morgan fingerprint density at radius 3 is 2.70 bits per heavy atom. The van der Waals surface area contributed by atoms with Crippen molar-refractivity contribution in [3.8, 4) is 5.75 Å². The van der Waals surface area contributed by atoms with E-state index < -0.39 is 18.0 Å². The highest BCUT2D eigenvalue weighted by atomic mass is 35.5. The van der Waals surface area contributed by atoms with E-state index >= 15 is 0 Å². The molecule has 27 heavy (non-hydrogen) atoms. The van der Waals surface area contributed by atoms with Crippen LogP contribution in [0.3, 0.4) is 0 Å². The van der Waals surface area contributed by atoms with Crippen molar-refractivity contribution in [2.45, 2.75) is 18.8 Å². The van der Waals surface area contributed by atoms with E-state index in [-0.39, 0.29) is 41.3 Å². The van der Waals surface area contributed by atoms with Crippen molar-refractivity contribution in [1.82, 2.24) is 10.2 Å². The number of ether oxygens (including phenoxy) is 2. The van der Waals surface area contributed by atoms with Crippen LogP contribution in [0.25, 0.3) is 10.1 Å². The average molecular weight is 421 g/mol. The molecule has 2 fully saturated rings. The molecule has 0 atom stereocenters. The molecular formula is C16H12ClF3N2O4S. The zero-order chi connectivity index (χ0) is 19.6. The molecule has 2 aliphatic rings. The molecule has 0 aliphatic carbocycles. The highest BCUT2D eigenvalue weighted by molar-refractivity contribution is 7.21. The lowest BCUT2D eigenvalue weighted by atomic mass is 9.91. The number of benzene rings is 1. The molecular weight excluding hydrogens is 409 g/mol. The van der Waals surface area contributed by atoms with Crippen LogP contribution in [0.2, 0.25) is 5.02 Å². The maximum atomic E-state index is 12.8. The molecule has 1 aromatic heterocycles. The minimum Gasteiger partial charge on any atom is -0.447 e. The van der Waals surface area contributed by atoms with Gasteiger partial charge in [0.1, 0.15) is 22.8 Å². The van der Waals surface area contributed by atoms with Gasteiger partial charge in [0.2, 0.25) is 0 Å². The Morgan fingerprint density at radius 2 is 2.11 bits per heavy atom. The number of likely N-dealkylation sites (tertiary alicyclic amines) is 1. The van der Waals surface area contributed by atoms with Gasteiger partial charge in [0.25, 0.3) is 5.91 Å². The molecule has 2 aromatic rings. The molecule has 3 heterocycles. The van der Waals surface area contributed by atoms with Crippen molar-refractivity contribution in [3.05, 3.63) is 27.6 Å². The number of fused-ring (bicyclic) bond motifs is 1. The zero-order valence-corrected chi connectivity index (χ0v) is 15.3. The summed E-state index contributed by atoms with van der Waals surface area (Å²) in [5.74, 6) is -0.705. The number of carbonyl (C=O) groups excluding carboxylic acids is 2. The second-order valence-electron chi connectivity index (χ2n) is 6.55. The summed E-state index contributed by atoms with van der Waals surface area (Å²) in [5.41, 5.74) is -0.0944. The normalized spacial score (nSPS) is 18.4. The number of cyclic esters (lactones) is 1. The number of halogens is 4. The number of alkyl halides is 3. The highest BCUT2D eigenvalue weighted by Crippen LogP contribution is 2.42. The van der Waals surface area contributed by atoms with E-state index in [4.69, 9.17) is 16.3 Å². The second kappa shape index (κ2) is 5.90. The van der Waals surface area contributed by atoms with Gasteiger partial charge in [-0.3, -0.25) is 4.79 Å². The molecule has 2 amide bonds. The predicted molar refractivity (Wildman–Crippen MR) is 91.4 cm³/mol. The first-order valence-corrected chi connectivity index (χ1v) is 8.99. The van der Waals surface area contributed by atoms with E-state index in [1.165, 1.54) is 17.0 Å². The molecule has 2 saturated heterocycles. The number of hydrogen-bond acceptors (Lipinski definition) is 5. The summed E-state index contributed by atoms with van der Waals surface area (Å²) in [7, 11) is 0. The van der Waals surface area contributed by atoms with E-state index in [1.807, 2.05) is 0 Å². The highest BCUT2D eigenvalue weighted by Gasteiger charge is 2.51. The van der Waals surface area contributed by atoms with Crippen molar-refractivity contribution in [1.29, 1.82) is 0 Å². The third-order valence-electron chi connectivity index (χ3n) is 4.45. The summed E-state index contributed by atoms with van der Waals surface area (Å²) >= 11 is 7.35. The van der Waals surface area contributed by atoms with Gasteiger partial charge in [0.15, 0.2) is 0 Å². The van der Waals surface area contributed by atoms with Crippen molar-refractivity contribution in [2.75, 3.05) is 19.7 Å². The number of amides is 2. The zero-order valence-electron chi connectivity index (χ0n) is 13.8. The van der Waals surface area contributed by atoms with Crippen LogP contribution in [-0.2, 0) is 4.74 Å². The number of nitrogens with one attached hydrogen (secondary N) is 1. The Hall–Kier alpha value is -2.20. The maximum absolute atomic E-state index is 12.8. The predicted octanol–water partition coefficient (Wildman–Crippen LogP) is 3.70.